The maximum absolute atomic E-state index is 12.6. The van der Waals surface area contributed by atoms with Crippen molar-refractivity contribution in [3.8, 4) is 5.75 Å². The van der Waals surface area contributed by atoms with Crippen molar-refractivity contribution in [1.82, 2.24) is 4.57 Å². The zero-order valence-electron chi connectivity index (χ0n) is 15.9. The Labute approximate surface area is 157 Å². The molecule has 0 bridgehead atoms. The number of benzene rings is 2. The number of aryl methyl sites for hydroxylation is 4. The summed E-state index contributed by atoms with van der Waals surface area (Å²) in [7, 11) is 1.66. The van der Waals surface area contributed by atoms with Crippen molar-refractivity contribution in [2.75, 3.05) is 7.11 Å². The Morgan fingerprint density at radius 3 is 2.46 bits per heavy atom. The van der Waals surface area contributed by atoms with Gasteiger partial charge in [-0.25, -0.2) is 0 Å². The van der Waals surface area contributed by atoms with Gasteiger partial charge in [-0.3, -0.25) is 4.79 Å². The van der Waals surface area contributed by atoms with Gasteiger partial charge in [-0.15, -0.1) is 0 Å². The average Bonchev–Trinajstić information content (AvgIpc) is 2.93. The second-order valence-corrected chi connectivity index (χ2v) is 7.53. The van der Waals surface area contributed by atoms with E-state index in [1.54, 1.807) is 7.11 Å². The number of hydrogen-bond acceptors (Lipinski definition) is 3. The number of hydrogen-bond donors (Lipinski definition) is 0. The maximum atomic E-state index is 12.6. The van der Waals surface area contributed by atoms with Gasteiger partial charge in [-0.1, -0.05) is 29.0 Å². The first kappa shape index (κ1) is 18.4. The highest BCUT2D eigenvalue weighted by Gasteiger charge is 2.11. The molecule has 1 heterocycles. The SMILES string of the molecule is CCn1c(=NC(=O)Cc2c(C)cc(C)cc2C)sc2cc(OC)ccc21. The molecular weight excluding hydrogens is 344 g/mol. The Hall–Kier alpha value is -2.40. The fourth-order valence-electron chi connectivity index (χ4n) is 3.36. The van der Waals surface area contributed by atoms with Gasteiger partial charge >= 0.3 is 0 Å². The molecule has 0 fully saturated rings. The number of amides is 1. The molecule has 0 aliphatic rings. The van der Waals surface area contributed by atoms with Gasteiger partial charge in [-0.2, -0.15) is 4.99 Å². The molecule has 0 saturated carbocycles. The van der Waals surface area contributed by atoms with Crippen LogP contribution in [-0.2, 0) is 17.8 Å². The summed E-state index contributed by atoms with van der Waals surface area (Å²) in [6, 6.07) is 10.2. The van der Waals surface area contributed by atoms with E-state index in [1.807, 2.05) is 18.2 Å². The van der Waals surface area contributed by atoms with Gasteiger partial charge in [0.2, 0.25) is 0 Å². The topological polar surface area (TPSA) is 43.6 Å². The van der Waals surface area contributed by atoms with E-state index in [2.05, 4.69) is 49.4 Å². The van der Waals surface area contributed by atoms with Crippen molar-refractivity contribution in [2.24, 2.45) is 4.99 Å². The number of carbonyl (C=O) groups is 1. The van der Waals surface area contributed by atoms with E-state index < -0.39 is 0 Å². The summed E-state index contributed by atoms with van der Waals surface area (Å²) < 4.78 is 8.45. The molecule has 1 aromatic heterocycles. The largest absolute Gasteiger partial charge is 0.497 e. The minimum absolute atomic E-state index is 0.110. The summed E-state index contributed by atoms with van der Waals surface area (Å²) in [5.74, 6) is 0.701. The third-order valence-corrected chi connectivity index (χ3v) is 5.64. The molecule has 136 valence electrons. The Bertz CT molecular complexity index is 1020. The zero-order valence-corrected chi connectivity index (χ0v) is 16.7. The molecule has 0 aliphatic heterocycles. The van der Waals surface area contributed by atoms with Gasteiger partial charge in [0.15, 0.2) is 4.80 Å². The molecule has 1 amide bonds. The highest BCUT2D eigenvalue weighted by atomic mass is 32.1. The molecule has 0 radical (unpaired) electrons. The number of aromatic nitrogens is 1. The summed E-state index contributed by atoms with van der Waals surface area (Å²) in [5.41, 5.74) is 5.67. The van der Waals surface area contributed by atoms with Crippen LogP contribution in [0.4, 0.5) is 0 Å². The van der Waals surface area contributed by atoms with Gasteiger partial charge in [0.25, 0.3) is 5.91 Å². The number of carbonyl (C=O) groups excluding carboxylic acids is 1. The molecule has 3 aromatic rings. The second-order valence-electron chi connectivity index (χ2n) is 6.52. The van der Waals surface area contributed by atoms with Crippen LogP contribution in [-0.4, -0.2) is 17.6 Å². The van der Waals surface area contributed by atoms with Crippen molar-refractivity contribution in [1.29, 1.82) is 0 Å². The van der Waals surface area contributed by atoms with Crippen LogP contribution in [0.25, 0.3) is 10.2 Å². The lowest BCUT2D eigenvalue weighted by Crippen LogP contribution is -2.17. The third kappa shape index (κ3) is 3.58. The smallest absolute Gasteiger partial charge is 0.252 e. The highest BCUT2D eigenvalue weighted by Crippen LogP contribution is 2.23. The third-order valence-electron chi connectivity index (χ3n) is 4.59. The lowest BCUT2D eigenvalue weighted by molar-refractivity contribution is -0.117. The Morgan fingerprint density at radius 2 is 1.85 bits per heavy atom. The fraction of sp³-hybridized carbons (Fsp3) is 0.333. The Morgan fingerprint density at radius 1 is 1.15 bits per heavy atom. The number of fused-ring (bicyclic) bond motifs is 1. The average molecular weight is 369 g/mol. The van der Waals surface area contributed by atoms with E-state index in [9.17, 15) is 4.79 Å². The quantitative estimate of drug-likeness (QED) is 0.688. The van der Waals surface area contributed by atoms with Crippen molar-refractivity contribution in [3.05, 3.63) is 57.4 Å². The number of thiazole rings is 1. The van der Waals surface area contributed by atoms with Crippen LogP contribution in [0.2, 0.25) is 0 Å². The molecule has 0 aliphatic carbocycles. The molecule has 4 nitrogen and oxygen atoms in total. The standard InChI is InChI=1S/C21H24N2O2S/c1-6-23-18-8-7-16(25-5)11-19(18)26-21(23)22-20(24)12-17-14(3)9-13(2)10-15(17)4/h7-11H,6,12H2,1-5H3. The summed E-state index contributed by atoms with van der Waals surface area (Å²) in [6.45, 7) is 9.02. The first-order valence-corrected chi connectivity index (χ1v) is 9.56. The van der Waals surface area contributed by atoms with E-state index >= 15 is 0 Å². The molecule has 0 saturated heterocycles. The molecule has 0 N–H and O–H groups in total. The van der Waals surface area contributed by atoms with Crippen LogP contribution in [0.5, 0.6) is 5.75 Å². The second kappa shape index (κ2) is 7.46. The van der Waals surface area contributed by atoms with Gasteiger partial charge in [0.1, 0.15) is 5.75 Å². The summed E-state index contributed by atoms with van der Waals surface area (Å²) in [6.07, 6.45) is 0.333. The number of rotatable bonds is 4. The van der Waals surface area contributed by atoms with Crippen molar-refractivity contribution >= 4 is 27.5 Å². The molecule has 5 heteroatoms. The van der Waals surface area contributed by atoms with Crippen LogP contribution in [0.3, 0.4) is 0 Å². The van der Waals surface area contributed by atoms with Crippen molar-refractivity contribution in [2.45, 2.75) is 40.7 Å². The number of nitrogens with zero attached hydrogens (tertiary/aromatic N) is 2. The normalized spacial score (nSPS) is 12.0. The fourth-order valence-corrected chi connectivity index (χ4v) is 4.50. The number of ether oxygens (including phenoxy) is 1. The summed E-state index contributed by atoms with van der Waals surface area (Å²) in [4.78, 5) is 17.8. The molecule has 0 atom stereocenters. The summed E-state index contributed by atoms with van der Waals surface area (Å²) in [5, 5.41) is 0. The minimum atomic E-state index is -0.110. The number of methoxy groups -OCH3 is 1. The lowest BCUT2D eigenvalue weighted by Gasteiger charge is -2.09. The van der Waals surface area contributed by atoms with E-state index in [0.717, 1.165) is 44.0 Å². The van der Waals surface area contributed by atoms with Gasteiger partial charge in [-0.05, 0) is 62.6 Å². The Balaban J connectivity index is 2.00. The van der Waals surface area contributed by atoms with Crippen LogP contribution in [0, 0.1) is 20.8 Å². The zero-order chi connectivity index (χ0) is 18.8. The van der Waals surface area contributed by atoms with Crippen molar-refractivity contribution < 1.29 is 9.53 Å². The van der Waals surface area contributed by atoms with E-state index in [-0.39, 0.29) is 5.91 Å². The Kier molecular flexibility index (Phi) is 5.28. The molecule has 0 spiro atoms. The minimum Gasteiger partial charge on any atom is -0.497 e. The molecule has 3 rings (SSSR count). The molecule has 0 unspecified atom stereocenters. The summed E-state index contributed by atoms with van der Waals surface area (Å²) >= 11 is 1.52. The first-order valence-electron chi connectivity index (χ1n) is 8.74. The van der Waals surface area contributed by atoms with Gasteiger partial charge < -0.3 is 9.30 Å². The first-order chi connectivity index (χ1) is 12.4. The van der Waals surface area contributed by atoms with E-state index in [0.29, 0.717) is 6.42 Å². The van der Waals surface area contributed by atoms with Crippen LogP contribution in [0.1, 0.15) is 29.2 Å². The van der Waals surface area contributed by atoms with Crippen LogP contribution < -0.4 is 9.54 Å². The van der Waals surface area contributed by atoms with E-state index in [1.165, 1.54) is 16.9 Å². The predicted molar refractivity (Wildman–Crippen MR) is 107 cm³/mol. The molecular formula is C21H24N2O2S. The molecule has 2 aromatic carbocycles. The molecule has 26 heavy (non-hydrogen) atoms. The van der Waals surface area contributed by atoms with E-state index in [4.69, 9.17) is 4.74 Å². The monoisotopic (exact) mass is 368 g/mol. The van der Waals surface area contributed by atoms with Gasteiger partial charge in [0, 0.05) is 6.54 Å². The van der Waals surface area contributed by atoms with Crippen LogP contribution in [0.15, 0.2) is 35.3 Å². The van der Waals surface area contributed by atoms with Crippen molar-refractivity contribution in [3.63, 3.8) is 0 Å². The lowest BCUT2D eigenvalue weighted by atomic mass is 9.97. The van der Waals surface area contributed by atoms with Gasteiger partial charge in [0.05, 0.1) is 23.7 Å². The van der Waals surface area contributed by atoms with Crippen LogP contribution >= 0.6 is 11.3 Å². The predicted octanol–water partition coefficient (Wildman–Crippen LogP) is 4.33. The highest BCUT2D eigenvalue weighted by molar-refractivity contribution is 7.16. The maximum Gasteiger partial charge on any atom is 0.252 e.